The molecule has 0 atom stereocenters. The minimum atomic E-state index is 0.770. The quantitative estimate of drug-likeness (QED) is 0.805. The van der Waals surface area contributed by atoms with Crippen molar-refractivity contribution < 1.29 is 0 Å². The second-order valence-electron chi connectivity index (χ2n) is 4.28. The molecule has 4 heteroatoms. The molecule has 1 aromatic carbocycles. The monoisotopic (exact) mass is 258 g/mol. The van der Waals surface area contributed by atoms with Gasteiger partial charge in [0.15, 0.2) is 0 Å². The van der Waals surface area contributed by atoms with Crippen LogP contribution < -0.4 is 0 Å². The zero-order valence-electron chi connectivity index (χ0n) is 9.42. The number of benzene rings is 1. The maximum Gasteiger partial charge on any atom is 0.0465 e. The average Bonchev–Trinajstić information content (AvgIpc) is 2.26. The number of piperazine rings is 1. The highest BCUT2D eigenvalue weighted by molar-refractivity contribution is 6.35. The fourth-order valence-corrected chi connectivity index (χ4v) is 2.43. The van der Waals surface area contributed by atoms with Crippen LogP contribution in [0.15, 0.2) is 18.2 Å². The molecule has 0 N–H and O–H groups in total. The van der Waals surface area contributed by atoms with Crippen molar-refractivity contribution in [2.75, 3.05) is 33.2 Å². The standard InChI is InChI=1S/C12H16Cl2N2/c1-15-5-7-16(8-6-15)9-10-11(13)3-2-4-12(10)14/h2-4H,5-9H2,1H3. The first-order valence-corrected chi connectivity index (χ1v) is 6.26. The fraction of sp³-hybridized carbons (Fsp3) is 0.500. The smallest absolute Gasteiger partial charge is 0.0465 e. The third-order valence-corrected chi connectivity index (χ3v) is 3.75. The van der Waals surface area contributed by atoms with Crippen molar-refractivity contribution >= 4 is 23.2 Å². The number of rotatable bonds is 2. The number of nitrogens with zero attached hydrogens (tertiary/aromatic N) is 2. The van der Waals surface area contributed by atoms with Crippen LogP contribution >= 0.6 is 23.2 Å². The number of hydrogen-bond donors (Lipinski definition) is 0. The van der Waals surface area contributed by atoms with Crippen molar-refractivity contribution in [1.29, 1.82) is 0 Å². The fourth-order valence-electron chi connectivity index (χ4n) is 1.91. The normalized spacial score (nSPS) is 18.9. The lowest BCUT2D eigenvalue weighted by Crippen LogP contribution is -2.43. The minimum absolute atomic E-state index is 0.770. The highest BCUT2D eigenvalue weighted by atomic mass is 35.5. The Morgan fingerprint density at radius 2 is 1.62 bits per heavy atom. The molecule has 1 heterocycles. The van der Waals surface area contributed by atoms with E-state index in [1.165, 1.54) is 0 Å². The topological polar surface area (TPSA) is 6.48 Å². The van der Waals surface area contributed by atoms with E-state index in [0.717, 1.165) is 48.3 Å². The molecular weight excluding hydrogens is 243 g/mol. The Labute approximate surface area is 107 Å². The molecule has 1 aliphatic heterocycles. The SMILES string of the molecule is CN1CCN(Cc2c(Cl)cccc2Cl)CC1. The Morgan fingerprint density at radius 1 is 1.06 bits per heavy atom. The zero-order valence-corrected chi connectivity index (χ0v) is 10.9. The molecule has 1 saturated heterocycles. The van der Waals surface area contributed by atoms with Crippen molar-refractivity contribution in [3.05, 3.63) is 33.8 Å². The van der Waals surface area contributed by atoms with Gasteiger partial charge in [-0.2, -0.15) is 0 Å². The Morgan fingerprint density at radius 3 is 2.19 bits per heavy atom. The molecule has 88 valence electrons. The third-order valence-electron chi connectivity index (χ3n) is 3.04. The van der Waals surface area contributed by atoms with Gasteiger partial charge in [0.2, 0.25) is 0 Å². The molecule has 0 amide bonds. The van der Waals surface area contributed by atoms with Crippen molar-refractivity contribution in [2.24, 2.45) is 0 Å². The summed E-state index contributed by atoms with van der Waals surface area (Å²) in [6.45, 7) is 5.24. The van der Waals surface area contributed by atoms with Gasteiger partial charge < -0.3 is 4.90 Å². The van der Waals surface area contributed by atoms with Crippen molar-refractivity contribution in [3.63, 3.8) is 0 Å². The molecule has 0 aromatic heterocycles. The Kier molecular flexibility index (Phi) is 4.09. The van der Waals surface area contributed by atoms with Gasteiger partial charge in [-0.25, -0.2) is 0 Å². The molecule has 1 fully saturated rings. The number of halogens is 2. The lowest BCUT2D eigenvalue weighted by atomic mass is 10.2. The van der Waals surface area contributed by atoms with Crippen LogP contribution in [0, 0.1) is 0 Å². The summed E-state index contributed by atoms with van der Waals surface area (Å²) in [5, 5.41) is 1.54. The first-order chi connectivity index (χ1) is 7.66. The highest BCUT2D eigenvalue weighted by Gasteiger charge is 2.16. The predicted molar refractivity (Wildman–Crippen MR) is 69.2 cm³/mol. The lowest BCUT2D eigenvalue weighted by Gasteiger charge is -2.32. The molecule has 0 aliphatic carbocycles. The molecule has 16 heavy (non-hydrogen) atoms. The molecule has 2 nitrogen and oxygen atoms in total. The number of hydrogen-bond acceptors (Lipinski definition) is 2. The molecule has 0 unspecified atom stereocenters. The molecule has 0 spiro atoms. The molecule has 1 aliphatic rings. The summed E-state index contributed by atoms with van der Waals surface area (Å²) in [6.07, 6.45) is 0. The van der Waals surface area contributed by atoms with Crippen LogP contribution in [-0.4, -0.2) is 43.0 Å². The molecule has 2 rings (SSSR count). The molecule has 1 aromatic rings. The van der Waals surface area contributed by atoms with E-state index in [2.05, 4.69) is 16.8 Å². The highest BCUT2D eigenvalue weighted by Crippen LogP contribution is 2.25. The van der Waals surface area contributed by atoms with Gasteiger partial charge in [0.25, 0.3) is 0 Å². The zero-order chi connectivity index (χ0) is 11.5. The molecule has 0 saturated carbocycles. The van der Waals surface area contributed by atoms with Crippen LogP contribution in [0.25, 0.3) is 0 Å². The third kappa shape index (κ3) is 2.89. The van der Waals surface area contributed by atoms with E-state index in [1.807, 2.05) is 18.2 Å². The van der Waals surface area contributed by atoms with E-state index in [4.69, 9.17) is 23.2 Å². The van der Waals surface area contributed by atoms with Gasteiger partial charge in [0.05, 0.1) is 0 Å². The van der Waals surface area contributed by atoms with Crippen molar-refractivity contribution in [3.8, 4) is 0 Å². The number of likely N-dealkylation sites (N-methyl/N-ethyl adjacent to an activating group) is 1. The van der Waals surface area contributed by atoms with Crippen LogP contribution in [-0.2, 0) is 6.54 Å². The van der Waals surface area contributed by atoms with E-state index < -0.39 is 0 Å². The van der Waals surface area contributed by atoms with Crippen molar-refractivity contribution in [1.82, 2.24) is 9.80 Å². The van der Waals surface area contributed by atoms with Crippen LogP contribution in [0.4, 0.5) is 0 Å². The van der Waals surface area contributed by atoms with E-state index in [-0.39, 0.29) is 0 Å². The van der Waals surface area contributed by atoms with E-state index in [0.29, 0.717) is 0 Å². The summed E-state index contributed by atoms with van der Waals surface area (Å²) in [5.41, 5.74) is 1.05. The van der Waals surface area contributed by atoms with E-state index in [1.54, 1.807) is 0 Å². The molecule has 0 radical (unpaired) electrons. The van der Waals surface area contributed by atoms with Gasteiger partial charge in [-0.3, -0.25) is 4.90 Å². The van der Waals surface area contributed by atoms with Crippen LogP contribution in [0.2, 0.25) is 10.0 Å². The molecular formula is C12H16Cl2N2. The van der Waals surface area contributed by atoms with Gasteiger partial charge >= 0.3 is 0 Å². The maximum absolute atomic E-state index is 6.16. The molecule has 0 bridgehead atoms. The van der Waals surface area contributed by atoms with Crippen LogP contribution in [0.5, 0.6) is 0 Å². The van der Waals surface area contributed by atoms with E-state index >= 15 is 0 Å². The van der Waals surface area contributed by atoms with Gasteiger partial charge in [0, 0.05) is 48.3 Å². The van der Waals surface area contributed by atoms with Gasteiger partial charge in [-0.1, -0.05) is 29.3 Å². The maximum atomic E-state index is 6.16. The van der Waals surface area contributed by atoms with Crippen LogP contribution in [0.3, 0.4) is 0 Å². The lowest BCUT2D eigenvalue weighted by molar-refractivity contribution is 0.148. The second-order valence-corrected chi connectivity index (χ2v) is 5.09. The summed E-state index contributed by atoms with van der Waals surface area (Å²) >= 11 is 12.3. The summed E-state index contributed by atoms with van der Waals surface area (Å²) in [7, 11) is 2.15. The summed E-state index contributed by atoms with van der Waals surface area (Å²) in [5.74, 6) is 0. The van der Waals surface area contributed by atoms with Gasteiger partial charge in [0.1, 0.15) is 0 Å². The largest absolute Gasteiger partial charge is 0.304 e. The Bertz CT molecular complexity index is 340. The predicted octanol–water partition coefficient (Wildman–Crippen LogP) is 2.74. The Hall–Kier alpha value is -0.280. The van der Waals surface area contributed by atoms with Gasteiger partial charge in [-0.15, -0.1) is 0 Å². The summed E-state index contributed by atoms with van der Waals surface area (Å²) in [4.78, 5) is 4.73. The minimum Gasteiger partial charge on any atom is -0.304 e. The average molecular weight is 259 g/mol. The second kappa shape index (κ2) is 5.37. The first kappa shape index (κ1) is 12.2. The van der Waals surface area contributed by atoms with Crippen LogP contribution in [0.1, 0.15) is 5.56 Å². The van der Waals surface area contributed by atoms with Crippen molar-refractivity contribution in [2.45, 2.75) is 6.54 Å². The van der Waals surface area contributed by atoms with E-state index in [9.17, 15) is 0 Å². The summed E-state index contributed by atoms with van der Waals surface area (Å²) in [6, 6.07) is 5.69. The Balaban J connectivity index is 2.04. The summed E-state index contributed by atoms with van der Waals surface area (Å²) < 4.78 is 0. The first-order valence-electron chi connectivity index (χ1n) is 5.50. The van der Waals surface area contributed by atoms with Gasteiger partial charge in [-0.05, 0) is 19.2 Å².